The van der Waals surface area contributed by atoms with E-state index >= 15 is 0 Å². The molecular formula is C8H11FS. The molecule has 2 heteroatoms. The van der Waals surface area contributed by atoms with Crippen molar-refractivity contribution in [3.63, 3.8) is 0 Å². The first-order chi connectivity index (χ1) is 4.74. The van der Waals surface area contributed by atoms with E-state index in [1.54, 1.807) is 11.3 Å². The van der Waals surface area contributed by atoms with Crippen LogP contribution in [0.1, 0.15) is 22.6 Å². The van der Waals surface area contributed by atoms with Gasteiger partial charge in [-0.2, -0.15) is 0 Å². The quantitative estimate of drug-likeness (QED) is 0.620. The molecule has 0 aromatic carbocycles. The van der Waals surface area contributed by atoms with E-state index in [2.05, 4.69) is 0 Å². The molecule has 0 saturated heterocycles. The normalized spacial score (nSPS) is 13.5. The summed E-state index contributed by atoms with van der Waals surface area (Å²) < 4.78 is 12.1. The number of hydrogen-bond donors (Lipinski definition) is 0. The first kappa shape index (κ1) is 7.73. The van der Waals surface area contributed by atoms with Crippen LogP contribution in [0.5, 0.6) is 0 Å². The van der Waals surface area contributed by atoms with Crippen molar-refractivity contribution in [2.24, 2.45) is 0 Å². The fourth-order valence-electron chi connectivity index (χ4n) is 0.794. The number of aryl methyl sites for hydroxylation is 1. The molecule has 1 unspecified atom stereocenters. The van der Waals surface area contributed by atoms with E-state index in [0.29, 0.717) is 0 Å². The van der Waals surface area contributed by atoms with Crippen molar-refractivity contribution in [1.29, 1.82) is 0 Å². The van der Waals surface area contributed by atoms with Crippen molar-refractivity contribution in [2.45, 2.75) is 19.8 Å². The van der Waals surface area contributed by atoms with E-state index in [4.69, 9.17) is 0 Å². The van der Waals surface area contributed by atoms with Crippen LogP contribution in [0.3, 0.4) is 0 Å². The van der Waals surface area contributed by atoms with E-state index in [1.807, 2.05) is 26.0 Å². The summed E-state index contributed by atoms with van der Waals surface area (Å²) in [6.07, 6.45) is 0. The summed E-state index contributed by atoms with van der Waals surface area (Å²) in [7, 11) is 0. The molecule has 10 heavy (non-hydrogen) atoms. The van der Waals surface area contributed by atoms with Crippen molar-refractivity contribution in [3.05, 3.63) is 21.9 Å². The van der Waals surface area contributed by atoms with Gasteiger partial charge in [-0.3, -0.25) is 4.39 Å². The van der Waals surface area contributed by atoms with Crippen molar-refractivity contribution in [3.8, 4) is 0 Å². The zero-order chi connectivity index (χ0) is 7.56. The highest BCUT2D eigenvalue weighted by Crippen LogP contribution is 2.23. The summed E-state index contributed by atoms with van der Waals surface area (Å²) in [6, 6.07) is 4.04. The zero-order valence-corrected chi connectivity index (χ0v) is 7.04. The Morgan fingerprint density at radius 3 is 2.70 bits per heavy atom. The Balaban J connectivity index is 2.74. The number of halogens is 1. The molecular weight excluding hydrogens is 147 g/mol. The van der Waals surface area contributed by atoms with Crippen LogP contribution in [0.2, 0.25) is 0 Å². The van der Waals surface area contributed by atoms with Gasteiger partial charge in [0.05, 0.1) is 6.67 Å². The Morgan fingerprint density at radius 1 is 1.60 bits per heavy atom. The SMILES string of the molecule is Cc1ccc(C(C)CF)s1. The maximum absolute atomic E-state index is 12.1. The topological polar surface area (TPSA) is 0 Å². The van der Waals surface area contributed by atoms with Crippen LogP contribution in [0.15, 0.2) is 12.1 Å². The minimum atomic E-state index is -0.250. The summed E-state index contributed by atoms with van der Waals surface area (Å²) in [6.45, 7) is 3.70. The second-order valence-corrected chi connectivity index (χ2v) is 3.82. The lowest BCUT2D eigenvalue weighted by molar-refractivity contribution is 0.450. The van der Waals surface area contributed by atoms with Crippen LogP contribution in [0, 0.1) is 6.92 Å². The Hall–Kier alpha value is -0.370. The second-order valence-electron chi connectivity index (χ2n) is 2.50. The molecule has 0 radical (unpaired) electrons. The highest BCUT2D eigenvalue weighted by atomic mass is 32.1. The van der Waals surface area contributed by atoms with Gasteiger partial charge in [0.25, 0.3) is 0 Å². The van der Waals surface area contributed by atoms with Crippen molar-refractivity contribution in [1.82, 2.24) is 0 Å². The molecule has 0 amide bonds. The average Bonchev–Trinajstić information content (AvgIpc) is 2.34. The van der Waals surface area contributed by atoms with Gasteiger partial charge in [-0.15, -0.1) is 11.3 Å². The second kappa shape index (κ2) is 3.15. The van der Waals surface area contributed by atoms with Gasteiger partial charge in [-0.05, 0) is 19.1 Å². The summed E-state index contributed by atoms with van der Waals surface area (Å²) in [4.78, 5) is 2.41. The molecule has 0 nitrogen and oxygen atoms in total. The molecule has 0 N–H and O–H groups in total. The van der Waals surface area contributed by atoms with Gasteiger partial charge in [0.1, 0.15) is 0 Å². The fourth-order valence-corrected chi connectivity index (χ4v) is 1.70. The number of alkyl halides is 1. The Morgan fingerprint density at radius 2 is 2.30 bits per heavy atom. The molecule has 0 fully saturated rings. The van der Waals surface area contributed by atoms with E-state index in [0.717, 1.165) is 4.88 Å². The molecule has 0 aliphatic carbocycles. The van der Waals surface area contributed by atoms with Crippen LogP contribution < -0.4 is 0 Å². The molecule has 0 spiro atoms. The summed E-state index contributed by atoms with van der Waals surface area (Å²) in [5, 5.41) is 0. The number of hydrogen-bond acceptors (Lipinski definition) is 1. The van der Waals surface area contributed by atoms with Crippen molar-refractivity contribution >= 4 is 11.3 Å². The first-order valence-corrected chi connectivity index (χ1v) is 4.18. The third-order valence-corrected chi connectivity index (χ3v) is 2.71. The highest BCUT2D eigenvalue weighted by molar-refractivity contribution is 7.12. The Bertz CT molecular complexity index is 205. The van der Waals surface area contributed by atoms with Crippen LogP contribution in [-0.4, -0.2) is 6.67 Å². The van der Waals surface area contributed by atoms with E-state index < -0.39 is 0 Å². The predicted octanol–water partition coefficient (Wildman–Crippen LogP) is 3.13. The highest BCUT2D eigenvalue weighted by Gasteiger charge is 2.05. The molecule has 1 heterocycles. The number of thiophene rings is 1. The molecule has 1 rings (SSSR count). The molecule has 0 saturated carbocycles. The molecule has 1 atom stereocenters. The van der Waals surface area contributed by atoms with Crippen LogP contribution in [0.25, 0.3) is 0 Å². The van der Waals surface area contributed by atoms with Crippen molar-refractivity contribution in [2.75, 3.05) is 6.67 Å². The van der Waals surface area contributed by atoms with Crippen molar-refractivity contribution < 1.29 is 4.39 Å². The first-order valence-electron chi connectivity index (χ1n) is 3.36. The summed E-state index contributed by atoms with van der Waals surface area (Å²) in [5.74, 6) is 0.0821. The van der Waals surface area contributed by atoms with E-state index in [1.165, 1.54) is 4.88 Å². The lowest BCUT2D eigenvalue weighted by Gasteiger charge is -2.00. The largest absolute Gasteiger partial charge is 0.250 e. The Labute approximate surface area is 64.7 Å². The van der Waals surface area contributed by atoms with E-state index in [9.17, 15) is 4.39 Å². The van der Waals surface area contributed by atoms with Crippen LogP contribution >= 0.6 is 11.3 Å². The van der Waals surface area contributed by atoms with Crippen LogP contribution in [-0.2, 0) is 0 Å². The minimum absolute atomic E-state index is 0.0821. The summed E-state index contributed by atoms with van der Waals surface area (Å²) in [5.41, 5.74) is 0. The van der Waals surface area contributed by atoms with Gasteiger partial charge >= 0.3 is 0 Å². The average molecular weight is 158 g/mol. The van der Waals surface area contributed by atoms with Gasteiger partial charge in [0, 0.05) is 15.7 Å². The lowest BCUT2D eigenvalue weighted by atomic mass is 10.2. The smallest absolute Gasteiger partial charge is 0.0968 e. The van der Waals surface area contributed by atoms with Gasteiger partial charge in [0.2, 0.25) is 0 Å². The molecule has 0 bridgehead atoms. The lowest BCUT2D eigenvalue weighted by Crippen LogP contribution is -1.89. The molecule has 0 aliphatic rings. The van der Waals surface area contributed by atoms with Gasteiger partial charge in [-0.25, -0.2) is 0 Å². The third-order valence-electron chi connectivity index (χ3n) is 1.48. The number of rotatable bonds is 2. The molecule has 1 aromatic rings. The third kappa shape index (κ3) is 1.57. The van der Waals surface area contributed by atoms with E-state index in [-0.39, 0.29) is 12.6 Å². The molecule has 1 aromatic heterocycles. The predicted molar refractivity (Wildman–Crippen MR) is 43.4 cm³/mol. The monoisotopic (exact) mass is 158 g/mol. The van der Waals surface area contributed by atoms with Gasteiger partial charge < -0.3 is 0 Å². The fraction of sp³-hybridized carbons (Fsp3) is 0.500. The minimum Gasteiger partial charge on any atom is -0.250 e. The maximum Gasteiger partial charge on any atom is 0.0968 e. The Kier molecular flexibility index (Phi) is 2.44. The maximum atomic E-state index is 12.1. The molecule has 56 valence electrons. The zero-order valence-electron chi connectivity index (χ0n) is 6.23. The summed E-state index contributed by atoms with van der Waals surface area (Å²) >= 11 is 1.68. The van der Waals surface area contributed by atoms with Gasteiger partial charge in [-0.1, -0.05) is 6.92 Å². The van der Waals surface area contributed by atoms with Crippen LogP contribution in [0.4, 0.5) is 4.39 Å². The standard InChI is InChI=1S/C8H11FS/c1-6(5-9)8-4-3-7(2)10-8/h3-4,6H,5H2,1-2H3. The molecule has 0 aliphatic heterocycles. The van der Waals surface area contributed by atoms with Gasteiger partial charge in [0.15, 0.2) is 0 Å².